The van der Waals surface area contributed by atoms with Crippen molar-refractivity contribution in [2.75, 3.05) is 39.4 Å². The van der Waals surface area contributed by atoms with E-state index in [9.17, 15) is 0 Å². The van der Waals surface area contributed by atoms with E-state index >= 15 is 0 Å². The maximum Gasteiger partial charge on any atom is 0.0632 e. The highest BCUT2D eigenvalue weighted by Crippen LogP contribution is 2.27. The van der Waals surface area contributed by atoms with Gasteiger partial charge in [0.1, 0.15) is 0 Å². The average molecular weight is 212 g/mol. The molecule has 1 saturated carbocycles. The first-order valence-corrected chi connectivity index (χ1v) is 6.42. The molecule has 0 amide bonds. The molecule has 0 radical (unpaired) electrons. The van der Waals surface area contributed by atoms with Crippen molar-refractivity contribution in [1.29, 1.82) is 0 Å². The Morgan fingerprint density at radius 2 is 2.20 bits per heavy atom. The minimum atomic E-state index is 0.554. The number of morpholine rings is 1. The first-order chi connectivity index (χ1) is 7.38. The third-order valence-corrected chi connectivity index (χ3v) is 3.67. The molecule has 1 unspecified atom stereocenters. The Morgan fingerprint density at radius 1 is 1.33 bits per heavy atom. The van der Waals surface area contributed by atoms with Crippen LogP contribution in [-0.4, -0.2) is 50.3 Å². The molecule has 1 aliphatic heterocycles. The summed E-state index contributed by atoms with van der Waals surface area (Å²) in [6.07, 6.45) is 4.35. The van der Waals surface area contributed by atoms with Crippen LogP contribution in [0.15, 0.2) is 0 Å². The Kier molecular flexibility index (Phi) is 4.42. The van der Waals surface area contributed by atoms with Gasteiger partial charge in [0.05, 0.1) is 13.2 Å². The fourth-order valence-electron chi connectivity index (χ4n) is 2.42. The largest absolute Gasteiger partial charge is 0.378 e. The molecule has 2 fully saturated rings. The van der Waals surface area contributed by atoms with E-state index in [4.69, 9.17) is 4.74 Å². The summed E-state index contributed by atoms with van der Waals surface area (Å²) in [5.74, 6) is 0.981. The number of hydrogen-bond donors (Lipinski definition) is 1. The lowest BCUT2D eigenvalue weighted by molar-refractivity contribution is 0.0573. The normalized spacial score (nSPS) is 28.0. The third kappa shape index (κ3) is 3.44. The van der Waals surface area contributed by atoms with Gasteiger partial charge in [0, 0.05) is 25.7 Å². The molecule has 0 aromatic carbocycles. The molecule has 0 aromatic heterocycles. The molecule has 1 atom stereocenters. The van der Waals surface area contributed by atoms with Gasteiger partial charge in [-0.1, -0.05) is 13.3 Å². The Hall–Kier alpha value is -0.120. The summed E-state index contributed by atoms with van der Waals surface area (Å²) < 4.78 is 5.48. The molecule has 0 spiro atoms. The second-order valence-electron chi connectivity index (χ2n) is 4.88. The van der Waals surface area contributed by atoms with Gasteiger partial charge in [-0.05, 0) is 25.3 Å². The highest BCUT2D eigenvalue weighted by Gasteiger charge is 2.22. The van der Waals surface area contributed by atoms with Crippen molar-refractivity contribution in [1.82, 2.24) is 10.2 Å². The van der Waals surface area contributed by atoms with E-state index in [1.54, 1.807) is 0 Å². The molecule has 3 nitrogen and oxygen atoms in total. The number of rotatable bonds is 5. The van der Waals surface area contributed by atoms with Gasteiger partial charge >= 0.3 is 0 Å². The van der Waals surface area contributed by atoms with E-state index < -0.39 is 0 Å². The van der Waals surface area contributed by atoms with Crippen LogP contribution in [0.5, 0.6) is 0 Å². The van der Waals surface area contributed by atoms with E-state index in [1.165, 1.54) is 32.4 Å². The molecule has 88 valence electrons. The van der Waals surface area contributed by atoms with Crippen molar-refractivity contribution in [2.45, 2.75) is 32.2 Å². The Labute approximate surface area is 93.2 Å². The zero-order valence-electron chi connectivity index (χ0n) is 9.87. The maximum absolute atomic E-state index is 5.48. The fourth-order valence-corrected chi connectivity index (χ4v) is 2.42. The second-order valence-corrected chi connectivity index (χ2v) is 4.88. The van der Waals surface area contributed by atoms with E-state index in [1.807, 2.05) is 0 Å². The average Bonchev–Trinajstić information content (AvgIpc) is 2.23. The van der Waals surface area contributed by atoms with E-state index in [0.29, 0.717) is 6.04 Å². The Bertz CT molecular complexity index is 176. The standard InChI is InChI=1S/C12H24N2O/c1-2-14(8-11-4-3-5-11)9-12-10-15-7-6-13-12/h11-13H,2-10H2,1H3. The lowest BCUT2D eigenvalue weighted by atomic mass is 9.85. The van der Waals surface area contributed by atoms with Gasteiger partial charge in [-0.25, -0.2) is 0 Å². The molecular formula is C12H24N2O. The van der Waals surface area contributed by atoms with Crippen LogP contribution in [0.2, 0.25) is 0 Å². The van der Waals surface area contributed by atoms with Crippen molar-refractivity contribution in [3.63, 3.8) is 0 Å². The first kappa shape index (κ1) is 11.4. The summed E-state index contributed by atoms with van der Waals surface area (Å²) >= 11 is 0. The van der Waals surface area contributed by atoms with E-state index in [2.05, 4.69) is 17.1 Å². The zero-order chi connectivity index (χ0) is 10.5. The molecular weight excluding hydrogens is 188 g/mol. The number of ether oxygens (including phenoxy) is 1. The molecule has 1 saturated heterocycles. The summed E-state index contributed by atoms with van der Waals surface area (Å²) in [5.41, 5.74) is 0. The van der Waals surface area contributed by atoms with E-state index in [-0.39, 0.29) is 0 Å². The Morgan fingerprint density at radius 3 is 2.73 bits per heavy atom. The molecule has 0 bridgehead atoms. The van der Waals surface area contributed by atoms with Crippen molar-refractivity contribution < 1.29 is 4.74 Å². The van der Waals surface area contributed by atoms with Crippen LogP contribution < -0.4 is 5.32 Å². The first-order valence-electron chi connectivity index (χ1n) is 6.42. The predicted molar refractivity (Wildman–Crippen MR) is 62.1 cm³/mol. The minimum absolute atomic E-state index is 0.554. The highest BCUT2D eigenvalue weighted by molar-refractivity contribution is 4.78. The van der Waals surface area contributed by atoms with Crippen LogP contribution in [0.3, 0.4) is 0 Å². The summed E-state index contributed by atoms with van der Waals surface area (Å²) in [7, 11) is 0. The van der Waals surface area contributed by atoms with Crippen molar-refractivity contribution in [2.24, 2.45) is 5.92 Å². The molecule has 2 rings (SSSR count). The van der Waals surface area contributed by atoms with Crippen LogP contribution in [0, 0.1) is 5.92 Å². The maximum atomic E-state index is 5.48. The monoisotopic (exact) mass is 212 g/mol. The summed E-state index contributed by atoms with van der Waals surface area (Å²) in [6.45, 7) is 8.69. The van der Waals surface area contributed by atoms with Crippen molar-refractivity contribution >= 4 is 0 Å². The number of nitrogens with one attached hydrogen (secondary N) is 1. The molecule has 1 aliphatic carbocycles. The summed E-state index contributed by atoms with van der Waals surface area (Å²) in [6, 6.07) is 0.554. The topological polar surface area (TPSA) is 24.5 Å². The summed E-state index contributed by atoms with van der Waals surface area (Å²) in [5, 5.41) is 3.53. The van der Waals surface area contributed by atoms with Crippen LogP contribution in [0.25, 0.3) is 0 Å². The van der Waals surface area contributed by atoms with Gasteiger partial charge in [-0.15, -0.1) is 0 Å². The van der Waals surface area contributed by atoms with Gasteiger partial charge in [0.25, 0.3) is 0 Å². The number of hydrogen-bond acceptors (Lipinski definition) is 3. The number of nitrogens with zero attached hydrogens (tertiary/aromatic N) is 1. The second kappa shape index (κ2) is 5.83. The van der Waals surface area contributed by atoms with Gasteiger partial charge in [-0.3, -0.25) is 0 Å². The van der Waals surface area contributed by atoms with Crippen LogP contribution in [0.4, 0.5) is 0 Å². The molecule has 0 aromatic rings. The molecule has 2 aliphatic rings. The lowest BCUT2D eigenvalue weighted by Gasteiger charge is -2.35. The molecule has 1 heterocycles. The quantitative estimate of drug-likeness (QED) is 0.738. The SMILES string of the molecule is CCN(CC1CCC1)CC1COCCN1. The van der Waals surface area contributed by atoms with Gasteiger partial charge in [-0.2, -0.15) is 0 Å². The third-order valence-electron chi connectivity index (χ3n) is 3.67. The minimum Gasteiger partial charge on any atom is -0.378 e. The van der Waals surface area contributed by atoms with E-state index in [0.717, 1.165) is 32.2 Å². The lowest BCUT2D eigenvalue weighted by Crippen LogP contribution is -2.49. The molecule has 15 heavy (non-hydrogen) atoms. The fraction of sp³-hybridized carbons (Fsp3) is 1.00. The van der Waals surface area contributed by atoms with Gasteiger partial charge in [0.2, 0.25) is 0 Å². The van der Waals surface area contributed by atoms with Gasteiger partial charge in [0.15, 0.2) is 0 Å². The predicted octanol–water partition coefficient (Wildman–Crippen LogP) is 1.10. The van der Waals surface area contributed by atoms with Crippen LogP contribution >= 0.6 is 0 Å². The van der Waals surface area contributed by atoms with Crippen molar-refractivity contribution in [3.05, 3.63) is 0 Å². The van der Waals surface area contributed by atoms with Crippen LogP contribution in [-0.2, 0) is 4.74 Å². The van der Waals surface area contributed by atoms with Crippen molar-refractivity contribution in [3.8, 4) is 0 Å². The summed E-state index contributed by atoms with van der Waals surface area (Å²) in [4.78, 5) is 2.58. The smallest absolute Gasteiger partial charge is 0.0632 e. The highest BCUT2D eigenvalue weighted by atomic mass is 16.5. The van der Waals surface area contributed by atoms with Gasteiger partial charge < -0.3 is 15.0 Å². The molecule has 3 heteroatoms. The Balaban J connectivity index is 1.68. The molecule has 1 N–H and O–H groups in total. The zero-order valence-corrected chi connectivity index (χ0v) is 9.87. The number of likely N-dealkylation sites (N-methyl/N-ethyl adjacent to an activating group) is 1. The van der Waals surface area contributed by atoms with Crippen LogP contribution in [0.1, 0.15) is 26.2 Å².